The van der Waals surface area contributed by atoms with Crippen LogP contribution in [0.25, 0.3) is 0 Å². The Bertz CT molecular complexity index is 552. The minimum absolute atomic E-state index is 0.216. The Kier molecular flexibility index (Phi) is 3.46. The number of rotatable bonds is 3. The summed E-state index contributed by atoms with van der Waals surface area (Å²) in [6, 6.07) is 9.43. The van der Waals surface area contributed by atoms with E-state index in [9.17, 15) is 0 Å². The Morgan fingerprint density at radius 1 is 1.17 bits per heavy atom. The van der Waals surface area contributed by atoms with Gasteiger partial charge in [0.1, 0.15) is 17.4 Å². The van der Waals surface area contributed by atoms with Gasteiger partial charge in [-0.3, -0.25) is 0 Å². The first-order valence-corrected chi connectivity index (χ1v) is 5.93. The molecule has 0 spiro atoms. The summed E-state index contributed by atoms with van der Waals surface area (Å²) in [6.07, 6.45) is 0. The number of ether oxygens (including phenoxy) is 1. The van der Waals surface area contributed by atoms with Crippen LogP contribution in [0.1, 0.15) is 31.2 Å². The number of benzene rings is 1. The Labute approximate surface area is 107 Å². The van der Waals surface area contributed by atoms with Crippen molar-refractivity contribution >= 4 is 5.82 Å². The van der Waals surface area contributed by atoms with E-state index in [0.717, 1.165) is 11.3 Å². The molecule has 0 atom stereocenters. The van der Waals surface area contributed by atoms with Crippen molar-refractivity contribution in [1.82, 2.24) is 9.97 Å². The van der Waals surface area contributed by atoms with Crippen LogP contribution in [0.4, 0.5) is 5.82 Å². The maximum absolute atomic E-state index is 5.75. The minimum atomic E-state index is 0.216. The lowest BCUT2D eigenvalue weighted by molar-refractivity contribution is 0.457. The zero-order valence-electron chi connectivity index (χ0n) is 10.8. The van der Waals surface area contributed by atoms with Crippen molar-refractivity contribution in [2.24, 2.45) is 0 Å². The zero-order chi connectivity index (χ0) is 13.1. The number of aryl methyl sites for hydroxylation is 1. The van der Waals surface area contributed by atoms with E-state index in [0.29, 0.717) is 17.5 Å². The number of nitrogens with zero attached hydrogens (tertiary/aromatic N) is 2. The van der Waals surface area contributed by atoms with Crippen LogP contribution >= 0.6 is 0 Å². The summed E-state index contributed by atoms with van der Waals surface area (Å²) in [5.74, 6) is 2.57. The van der Waals surface area contributed by atoms with Gasteiger partial charge in [-0.25, -0.2) is 4.98 Å². The third-order valence-electron chi connectivity index (χ3n) is 2.47. The van der Waals surface area contributed by atoms with Gasteiger partial charge in [-0.15, -0.1) is 0 Å². The monoisotopic (exact) mass is 243 g/mol. The van der Waals surface area contributed by atoms with E-state index in [1.165, 1.54) is 0 Å². The molecule has 1 heterocycles. The normalized spacial score (nSPS) is 10.7. The van der Waals surface area contributed by atoms with Gasteiger partial charge in [-0.05, 0) is 24.6 Å². The maximum atomic E-state index is 5.75. The van der Waals surface area contributed by atoms with E-state index in [-0.39, 0.29) is 5.92 Å². The quantitative estimate of drug-likeness (QED) is 0.898. The van der Waals surface area contributed by atoms with Gasteiger partial charge in [0.25, 0.3) is 0 Å². The second-order valence-corrected chi connectivity index (χ2v) is 4.56. The molecule has 0 fully saturated rings. The summed E-state index contributed by atoms with van der Waals surface area (Å²) >= 11 is 0. The van der Waals surface area contributed by atoms with Crippen molar-refractivity contribution in [1.29, 1.82) is 0 Å². The van der Waals surface area contributed by atoms with Crippen LogP contribution in [0.15, 0.2) is 30.3 Å². The third kappa shape index (κ3) is 2.97. The van der Waals surface area contributed by atoms with Crippen LogP contribution in [-0.2, 0) is 0 Å². The van der Waals surface area contributed by atoms with Gasteiger partial charge in [-0.2, -0.15) is 4.98 Å². The minimum Gasteiger partial charge on any atom is -0.439 e. The van der Waals surface area contributed by atoms with Crippen molar-refractivity contribution in [3.8, 4) is 11.6 Å². The predicted molar refractivity (Wildman–Crippen MR) is 71.8 cm³/mol. The Balaban J connectivity index is 2.29. The molecule has 0 unspecified atom stereocenters. The summed E-state index contributed by atoms with van der Waals surface area (Å²) < 4.78 is 5.70. The first-order valence-electron chi connectivity index (χ1n) is 5.93. The fourth-order valence-electron chi connectivity index (χ4n) is 1.57. The van der Waals surface area contributed by atoms with Gasteiger partial charge in [0.05, 0.1) is 0 Å². The lowest BCUT2D eigenvalue weighted by atomic mass is 10.2. The maximum Gasteiger partial charge on any atom is 0.224 e. The molecule has 1 aromatic heterocycles. The molecule has 0 bridgehead atoms. The molecule has 0 radical (unpaired) electrons. The molecule has 2 aromatic rings. The fourth-order valence-corrected chi connectivity index (χ4v) is 1.57. The van der Waals surface area contributed by atoms with Crippen LogP contribution in [-0.4, -0.2) is 9.97 Å². The second-order valence-electron chi connectivity index (χ2n) is 4.56. The van der Waals surface area contributed by atoms with Crippen molar-refractivity contribution < 1.29 is 4.74 Å². The highest BCUT2D eigenvalue weighted by Gasteiger charge is 2.08. The molecule has 2 rings (SSSR count). The first-order chi connectivity index (χ1) is 8.54. The summed E-state index contributed by atoms with van der Waals surface area (Å²) in [5.41, 5.74) is 6.89. The average Bonchev–Trinajstić information content (AvgIpc) is 2.28. The average molecular weight is 243 g/mol. The van der Waals surface area contributed by atoms with Crippen LogP contribution in [0, 0.1) is 6.92 Å². The lowest BCUT2D eigenvalue weighted by Gasteiger charge is -2.09. The zero-order valence-corrected chi connectivity index (χ0v) is 10.8. The molecule has 4 nitrogen and oxygen atoms in total. The molecule has 0 aliphatic rings. The number of nitrogens with two attached hydrogens (primary N) is 1. The van der Waals surface area contributed by atoms with Crippen LogP contribution in [0.5, 0.6) is 11.6 Å². The largest absolute Gasteiger partial charge is 0.439 e. The summed E-state index contributed by atoms with van der Waals surface area (Å²) in [7, 11) is 0. The highest BCUT2D eigenvalue weighted by Crippen LogP contribution is 2.23. The molecule has 2 N–H and O–H groups in total. The number of hydrogen-bond donors (Lipinski definition) is 1. The van der Waals surface area contributed by atoms with Crippen molar-refractivity contribution in [3.63, 3.8) is 0 Å². The predicted octanol–water partition coefficient (Wildman–Crippen LogP) is 3.28. The van der Waals surface area contributed by atoms with E-state index in [1.807, 2.05) is 45.0 Å². The van der Waals surface area contributed by atoms with E-state index in [2.05, 4.69) is 9.97 Å². The summed E-state index contributed by atoms with van der Waals surface area (Å²) in [5, 5.41) is 0. The van der Waals surface area contributed by atoms with Crippen LogP contribution in [0.2, 0.25) is 0 Å². The standard InChI is InChI=1S/C14H17N3O/c1-9(2)14-16-12(15)8-13(17-14)18-11-6-4-5-10(3)7-11/h4-9H,1-3H3,(H2,15,16,17). The Hall–Kier alpha value is -2.10. The van der Waals surface area contributed by atoms with Gasteiger partial charge in [0.2, 0.25) is 5.88 Å². The van der Waals surface area contributed by atoms with Crippen LogP contribution < -0.4 is 10.5 Å². The number of nitrogen functional groups attached to an aromatic ring is 1. The molecular formula is C14H17N3O. The van der Waals surface area contributed by atoms with Gasteiger partial charge in [0, 0.05) is 12.0 Å². The smallest absolute Gasteiger partial charge is 0.224 e. The molecule has 94 valence electrons. The Morgan fingerprint density at radius 3 is 2.61 bits per heavy atom. The number of hydrogen-bond acceptors (Lipinski definition) is 4. The van der Waals surface area contributed by atoms with Crippen molar-refractivity contribution in [2.45, 2.75) is 26.7 Å². The van der Waals surface area contributed by atoms with Gasteiger partial charge in [0.15, 0.2) is 0 Å². The van der Waals surface area contributed by atoms with E-state index >= 15 is 0 Å². The molecule has 1 aromatic carbocycles. The highest BCUT2D eigenvalue weighted by atomic mass is 16.5. The van der Waals surface area contributed by atoms with Crippen LogP contribution in [0.3, 0.4) is 0 Å². The fraction of sp³-hybridized carbons (Fsp3) is 0.286. The van der Waals surface area contributed by atoms with E-state index in [1.54, 1.807) is 6.07 Å². The SMILES string of the molecule is Cc1cccc(Oc2cc(N)nc(C(C)C)n2)c1. The van der Waals surface area contributed by atoms with Gasteiger partial charge >= 0.3 is 0 Å². The first kappa shape index (κ1) is 12.4. The molecule has 18 heavy (non-hydrogen) atoms. The number of aromatic nitrogens is 2. The summed E-state index contributed by atoms with van der Waals surface area (Å²) in [6.45, 7) is 6.05. The molecule has 0 saturated heterocycles. The Morgan fingerprint density at radius 2 is 1.94 bits per heavy atom. The highest BCUT2D eigenvalue weighted by molar-refractivity contribution is 5.37. The van der Waals surface area contributed by atoms with Gasteiger partial charge < -0.3 is 10.5 Å². The molecule has 4 heteroatoms. The van der Waals surface area contributed by atoms with E-state index in [4.69, 9.17) is 10.5 Å². The molecular weight excluding hydrogens is 226 g/mol. The topological polar surface area (TPSA) is 61.0 Å². The number of anilines is 1. The third-order valence-corrected chi connectivity index (χ3v) is 2.47. The van der Waals surface area contributed by atoms with Crippen molar-refractivity contribution in [3.05, 3.63) is 41.7 Å². The molecule has 0 saturated carbocycles. The second kappa shape index (κ2) is 5.04. The molecule has 0 aliphatic carbocycles. The molecule has 0 aliphatic heterocycles. The summed E-state index contributed by atoms with van der Waals surface area (Å²) in [4.78, 5) is 8.52. The van der Waals surface area contributed by atoms with Gasteiger partial charge in [-0.1, -0.05) is 26.0 Å². The van der Waals surface area contributed by atoms with E-state index < -0.39 is 0 Å². The molecule has 0 amide bonds. The van der Waals surface area contributed by atoms with Crippen molar-refractivity contribution in [2.75, 3.05) is 5.73 Å². The lowest BCUT2D eigenvalue weighted by Crippen LogP contribution is -2.03.